The Morgan fingerprint density at radius 2 is 1.80 bits per heavy atom. The highest BCUT2D eigenvalue weighted by molar-refractivity contribution is 7.89. The summed E-state index contributed by atoms with van der Waals surface area (Å²) in [5.74, 6) is -0.411. The van der Waals surface area contributed by atoms with Gasteiger partial charge in [-0.05, 0) is 42.0 Å². The number of esters is 1. The van der Waals surface area contributed by atoms with E-state index in [0.717, 1.165) is 10.9 Å². The molecule has 130 valence electrons. The van der Waals surface area contributed by atoms with Crippen LogP contribution in [0.4, 0.5) is 0 Å². The second-order valence-electron chi connectivity index (χ2n) is 5.73. The summed E-state index contributed by atoms with van der Waals surface area (Å²) in [7, 11) is -2.15. The molecule has 0 atom stereocenters. The maximum Gasteiger partial charge on any atom is 0.337 e. The van der Waals surface area contributed by atoms with E-state index in [0.29, 0.717) is 28.2 Å². The molecule has 0 spiro atoms. The normalized spacial score (nSPS) is 11.6. The molecule has 0 bridgehead atoms. The van der Waals surface area contributed by atoms with Gasteiger partial charge in [0.15, 0.2) is 0 Å². The summed E-state index contributed by atoms with van der Waals surface area (Å²) < 4.78 is 30.5. The zero-order chi connectivity index (χ0) is 18.2. The summed E-state index contributed by atoms with van der Waals surface area (Å²) in [5.41, 5.74) is 2.55. The quantitative estimate of drug-likeness (QED) is 0.653. The second kappa shape index (κ2) is 6.54. The first-order valence-electron chi connectivity index (χ1n) is 7.47. The molecule has 0 fully saturated rings. The van der Waals surface area contributed by atoms with Gasteiger partial charge in [0.2, 0.25) is 10.0 Å². The molecule has 25 heavy (non-hydrogen) atoms. The van der Waals surface area contributed by atoms with E-state index in [2.05, 4.69) is 4.74 Å². The molecule has 0 saturated carbocycles. The van der Waals surface area contributed by atoms with Gasteiger partial charge in [0.1, 0.15) is 0 Å². The van der Waals surface area contributed by atoms with Crippen molar-refractivity contribution in [2.45, 2.75) is 6.42 Å². The van der Waals surface area contributed by atoms with Crippen molar-refractivity contribution >= 4 is 38.5 Å². The molecule has 3 rings (SSSR count). The van der Waals surface area contributed by atoms with Crippen molar-refractivity contribution in [2.24, 2.45) is 0 Å². The van der Waals surface area contributed by atoms with Crippen LogP contribution in [0.3, 0.4) is 0 Å². The van der Waals surface area contributed by atoms with Crippen molar-refractivity contribution in [2.75, 3.05) is 13.4 Å². The summed E-state index contributed by atoms with van der Waals surface area (Å²) in [6.07, 6.45) is 1.58. The zero-order valence-corrected chi connectivity index (χ0v) is 15.3. The lowest BCUT2D eigenvalue weighted by molar-refractivity contribution is 0.0600. The molecule has 5 nitrogen and oxygen atoms in total. The van der Waals surface area contributed by atoms with Gasteiger partial charge in [0, 0.05) is 22.5 Å². The maximum atomic E-state index is 12.3. The molecule has 2 aromatic carbocycles. The Balaban J connectivity index is 2.05. The van der Waals surface area contributed by atoms with E-state index >= 15 is 0 Å². The highest BCUT2D eigenvalue weighted by Crippen LogP contribution is 2.26. The van der Waals surface area contributed by atoms with E-state index in [9.17, 15) is 13.2 Å². The number of nitrogens with zero attached hydrogens (tertiary/aromatic N) is 1. The third kappa shape index (κ3) is 3.55. The van der Waals surface area contributed by atoms with Gasteiger partial charge in [-0.3, -0.25) is 0 Å². The van der Waals surface area contributed by atoms with E-state index in [1.165, 1.54) is 17.3 Å². The summed E-state index contributed by atoms with van der Waals surface area (Å²) in [6.45, 7) is 0. The molecular weight excluding hydrogens is 362 g/mol. The monoisotopic (exact) mass is 377 g/mol. The van der Waals surface area contributed by atoms with Crippen LogP contribution in [0.15, 0.2) is 48.5 Å². The van der Waals surface area contributed by atoms with Crippen LogP contribution >= 0.6 is 11.6 Å². The largest absolute Gasteiger partial charge is 0.465 e. The predicted octanol–water partition coefficient (Wildman–Crippen LogP) is 3.48. The fraction of sp³-hybridized carbons (Fsp3) is 0.167. The lowest BCUT2D eigenvalue weighted by Crippen LogP contribution is -2.13. The minimum atomic E-state index is -3.48. The van der Waals surface area contributed by atoms with Crippen LogP contribution in [0.1, 0.15) is 21.6 Å². The number of methoxy groups -OCH3 is 1. The predicted molar refractivity (Wildman–Crippen MR) is 97.8 cm³/mol. The van der Waals surface area contributed by atoms with E-state index in [1.807, 2.05) is 6.07 Å². The molecule has 0 radical (unpaired) electrons. The number of fused-ring (bicyclic) bond motifs is 1. The Bertz CT molecular complexity index is 1050. The molecule has 0 aliphatic heterocycles. The average molecular weight is 378 g/mol. The fourth-order valence-electron chi connectivity index (χ4n) is 2.82. The highest BCUT2D eigenvalue weighted by Gasteiger charge is 2.17. The van der Waals surface area contributed by atoms with Gasteiger partial charge in [-0.2, -0.15) is 0 Å². The lowest BCUT2D eigenvalue weighted by atomic mass is 10.1. The van der Waals surface area contributed by atoms with Gasteiger partial charge in [0.05, 0.1) is 24.4 Å². The van der Waals surface area contributed by atoms with E-state index in [4.69, 9.17) is 11.6 Å². The van der Waals surface area contributed by atoms with Crippen molar-refractivity contribution in [3.8, 4) is 0 Å². The van der Waals surface area contributed by atoms with Crippen LogP contribution in [0, 0.1) is 0 Å². The van der Waals surface area contributed by atoms with Gasteiger partial charge >= 0.3 is 5.97 Å². The molecule has 3 aromatic rings. The van der Waals surface area contributed by atoms with E-state index < -0.39 is 16.0 Å². The van der Waals surface area contributed by atoms with Crippen LogP contribution in [0.5, 0.6) is 0 Å². The van der Waals surface area contributed by atoms with Gasteiger partial charge in [-0.1, -0.05) is 23.7 Å². The number of carbonyl (C=O) groups excluding carboxylic acids is 1. The summed E-state index contributed by atoms with van der Waals surface area (Å²) >= 11 is 6.01. The fourth-order valence-corrected chi connectivity index (χ4v) is 4.07. The molecule has 1 aromatic heterocycles. The first-order chi connectivity index (χ1) is 11.8. The molecule has 0 aliphatic rings. The van der Waals surface area contributed by atoms with Gasteiger partial charge in [-0.15, -0.1) is 0 Å². The van der Waals surface area contributed by atoms with Gasteiger partial charge < -0.3 is 4.74 Å². The first-order valence-corrected chi connectivity index (χ1v) is 9.70. The second-order valence-corrected chi connectivity index (χ2v) is 8.00. The highest BCUT2D eigenvalue weighted by atomic mass is 35.5. The van der Waals surface area contributed by atoms with Crippen molar-refractivity contribution < 1.29 is 17.9 Å². The molecule has 0 aliphatic carbocycles. The Kier molecular flexibility index (Phi) is 4.58. The van der Waals surface area contributed by atoms with Gasteiger partial charge in [0.25, 0.3) is 0 Å². The Morgan fingerprint density at radius 3 is 2.40 bits per heavy atom. The Labute approximate surface area is 150 Å². The van der Waals surface area contributed by atoms with Gasteiger partial charge in [-0.25, -0.2) is 17.2 Å². The van der Waals surface area contributed by atoms with Crippen LogP contribution in [-0.4, -0.2) is 31.7 Å². The maximum absolute atomic E-state index is 12.3. The number of hydrogen-bond acceptors (Lipinski definition) is 4. The molecule has 7 heteroatoms. The number of halogens is 1. The van der Waals surface area contributed by atoms with Crippen molar-refractivity contribution in [1.82, 2.24) is 3.97 Å². The summed E-state index contributed by atoms with van der Waals surface area (Å²) in [5, 5.41) is 1.31. The molecular formula is C18H16ClNO4S. The molecule has 0 N–H and O–H groups in total. The zero-order valence-electron chi connectivity index (χ0n) is 13.7. The third-order valence-corrected chi connectivity index (χ3v) is 5.21. The average Bonchev–Trinajstić information content (AvgIpc) is 2.91. The van der Waals surface area contributed by atoms with Crippen molar-refractivity contribution in [1.29, 1.82) is 0 Å². The minimum Gasteiger partial charge on any atom is -0.465 e. The summed E-state index contributed by atoms with van der Waals surface area (Å²) in [4.78, 5) is 11.5. The van der Waals surface area contributed by atoms with Crippen LogP contribution in [0.25, 0.3) is 10.9 Å². The van der Waals surface area contributed by atoms with E-state index in [1.54, 1.807) is 42.5 Å². The van der Waals surface area contributed by atoms with Crippen molar-refractivity contribution in [3.05, 3.63) is 70.4 Å². The standard InChI is InChI=1S/C18H16ClNO4S/c1-24-18(21)13-5-3-12(4-6-13)9-16-11-14-10-15(19)7-8-17(14)20(16)25(2,22)23/h3-8,10-11H,9H2,1-2H3. The number of carbonyl (C=O) groups is 1. The topological polar surface area (TPSA) is 65.4 Å². The number of rotatable bonds is 4. The third-order valence-electron chi connectivity index (χ3n) is 3.88. The smallest absolute Gasteiger partial charge is 0.337 e. The molecule has 0 unspecified atom stereocenters. The minimum absolute atomic E-state index is 0.404. The Morgan fingerprint density at radius 1 is 1.12 bits per heavy atom. The first kappa shape index (κ1) is 17.5. The Hall–Kier alpha value is -2.31. The number of ether oxygens (including phenoxy) is 1. The molecule has 0 amide bonds. The number of hydrogen-bond donors (Lipinski definition) is 0. The lowest BCUT2D eigenvalue weighted by Gasteiger charge is -2.09. The van der Waals surface area contributed by atoms with E-state index in [-0.39, 0.29) is 0 Å². The molecule has 1 heterocycles. The van der Waals surface area contributed by atoms with Crippen LogP contribution in [0.2, 0.25) is 5.02 Å². The number of benzene rings is 2. The van der Waals surface area contributed by atoms with Crippen LogP contribution in [-0.2, 0) is 21.2 Å². The van der Waals surface area contributed by atoms with Crippen LogP contribution < -0.4 is 0 Å². The molecule has 0 saturated heterocycles. The SMILES string of the molecule is COC(=O)c1ccc(Cc2cc3cc(Cl)ccc3n2S(C)(=O)=O)cc1. The van der Waals surface area contributed by atoms with Crippen molar-refractivity contribution in [3.63, 3.8) is 0 Å². The summed E-state index contributed by atoms with van der Waals surface area (Å²) in [6, 6.07) is 13.8. The number of aromatic nitrogens is 1.